The van der Waals surface area contributed by atoms with Crippen LogP contribution in [0, 0.1) is 0 Å². The van der Waals surface area contributed by atoms with Gasteiger partial charge in [-0.25, -0.2) is 0 Å². The zero-order valence-corrected chi connectivity index (χ0v) is 39.9. The second-order valence-corrected chi connectivity index (χ2v) is 23.4. The lowest BCUT2D eigenvalue weighted by atomic mass is 9.62. The first-order valence-electron chi connectivity index (χ1n) is 25.8. The number of nitrogens with zero attached hydrogens (tertiary/aromatic N) is 5. The maximum absolute atomic E-state index is 2.92. The minimum Gasteiger partial charge on any atom is -0.308 e. The summed E-state index contributed by atoms with van der Waals surface area (Å²) in [5, 5.41) is 0. The second-order valence-electron chi connectivity index (χ2n) is 23.4. The molecule has 2 saturated carbocycles. The number of anilines is 9. The van der Waals surface area contributed by atoms with Crippen LogP contribution in [0.1, 0.15) is 173 Å². The average Bonchev–Trinajstić information content (AvgIpc) is 3.65. The standard InChI is InChI=1S/C62H59N5/c1-59(2)41-24-14-17-27-47(41)64-52-33-38(36-19-9-7-10-20-36)31-50-51-32-39(37-21-11-8-12-22-37)34-53-65-48-28-18-15-25-42(48)61(5,6)45-35-44-57-55(58(45)65)62(66(50)52,67(51)53)54-49(30-29-43(59)56(54)64)63(57)46-26-16-13-23-40(46)60(44,3)4/h13-18,23-37H,7-12,19-22H2,1-6H3/q+2. The van der Waals surface area contributed by atoms with Gasteiger partial charge in [-0.2, -0.15) is 18.9 Å². The maximum Gasteiger partial charge on any atom is 0.319 e. The molecule has 2 fully saturated rings. The first kappa shape index (κ1) is 37.8. The summed E-state index contributed by atoms with van der Waals surface area (Å²) in [5.41, 5.74) is 25.1. The molecule has 5 nitrogen and oxygen atoms in total. The van der Waals surface area contributed by atoms with Gasteiger partial charge in [0.1, 0.15) is 22.5 Å². The molecule has 5 heteroatoms. The highest BCUT2D eigenvalue weighted by Gasteiger charge is 2.74. The van der Waals surface area contributed by atoms with Crippen LogP contribution in [-0.2, 0) is 21.9 Å². The highest BCUT2D eigenvalue weighted by Crippen LogP contribution is 2.71. The van der Waals surface area contributed by atoms with E-state index in [2.05, 4.69) is 181 Å². The second kappa shape index (κ2) is 12.1. The van der Waals surface area contributed by atoms with Gasteiger partial charge in [-0.15, -0.1) is 0 Å². The van der Waals surface area contributed by atoms with Crippen LogP contribution in [0.4, 0.5) is 51.4 Å². The molecular weight excluding hydrogens is 815 g/mol. The fourth-order valence-electron chi connectivity index (χ4n) is 16.0. The molecule has 1 unspecified atom stereocenters. The molecule has 67 heavy (non-hydrogen) atoms. The van der Waals surface area contributed by atoms with Gasteiger partial charge in [0.2, 0.25) is 0 Å². The maximum atomic E-state index is 2.92. The van der Waals surface area contributed by atoms with E-state index >= 15 is 0 Å². The molecule has 5 aromatic carbocycles. The number of hydrogen-bond acceptors (Lipinski definition) is 3. The summed E-state index contributed by atoms with van der Waals surface area (Å²) in [6.07, 6.45) is 13.0. The third-order valence-electron chi connectivity index (χ3n) is 19.2. The van der Waals surface area contributed by atoms with Crippen molar-refractivity contribution in [1.29, 1.82) is 0 Å². The quantitative estimate of drug-likeness (QED) is 0.161. The average molecular weight is 874 g/mol. The van der Waals surface area contributed by atoms with Crippen molar-refractivity contribution in [2.24, 2.45) is 0 Å². The number of pyridine rings is 2. The van der Waals surface area contributed by atoms with E-state index < -0.39 is 5.66 Å². The normalized spacial score (nSPS) is 22.7. The lowest BCUT2D eigenvalue weighted by Gasteiger charge is -2.54. The van der Waals surface area contributed by atoms with Crippen LogP contribution < -0.4 is 23.8 Å². The summed E-state index contributed by atoms with van der Waals surface area (Å²) in [7, 11) is 0. The smallest absolute Gasteiger partial charge is 0.308 e. The van der Waals surface area contributed by atoms with E-state index in [4.69, 9.17) is 0 Å². The minimum absolute atomic E-state index is 0.231. The molecule has 0 bridgehead atoms. The predicted molar refractivity (Wildman–Crippen MR) is 269 cm³/mol. The van der Waals surface area contributed by atoms with Gasteiger partial charge in [0, 0.05) is 50.6 Å². The molecule has 1 atom stereocenters. The van der Waals surface area contributed by atoms with Crippen LogP contribution in [0.5, 0.6) is 0 Å². The topological polar surface area (TPSA) is 17.5 Å². The molecule has 0 saturated heterocycles. The summed E-state index contributed by atoms with van der Waals surface area (Å²) in [6, 6.07) is 46.7. The molecule has 2 aromatic heterocycles. The zero-order chi connectivity index (χ0) is 44.7. The number of hydrogen-bond donors (Lipinski definition) is 0. The van der Waals surface area contributed by atoms with E-state index in [1.54, 1.807) is 0 Å². The van der Waals surface area contributed by atoms with E-state index in [0.717, 1.165) is 0 Å². The zero-order valence-electron chi connectivity index (χ0n) is 39.9. The van der Waals surface area contributed by atoms with Crippen molar-refractivity contribution in [3.8, 4) is 11.4 Å². The van der Waals surface area contributed by atoms with Gasteiger partial charge in [0.05, 0.1) is 17.1 Å². The van der Waals surface area contributed by atoms with Gasteiger partial charge in [-0.3, -0.25) is 0 Å². The van der Waals surface area contributed by atoms with E-state index in [0.29, 0.717) is 11.8 Å². The molecule has 9 aliphatic rings. The lowest BCUT2D eigenvalue weighted by molar-refractivity contribution is -0.929. The molecular formula is C62H59N5+2. The summed E-state index contributed by atoms with van der Waals surface area (Å²) < 4.78 is 5.83. The Kier molecular flexibility index (Phi) is 6.83. The van der Waals surface area contributed by atoms with Gasteiger partial charge >= 0.3 is 5.66 Å². The van der Waals surface area contributed by atoms with Crippen molar-refractivity contribution >= 4 is 51.4 Å². The Morgan fingerprint density at radius 3 is 1.30 bits per heavy atom. The van der Waals surface area contributed by atoms with Gasteiger partial charge < -0.3 is 4.90 Å². The van der Waals surface area contributed by atoms with Crippen molar-refractivity contribution in [2.45, 2.75) is 139 Å². The monoisotopic (exact) mass is 873 g/mol. The number of fused-ring (bicyclic) bond motifs is 10. The highest BCUT2D eigenvalue weighted by atomic mass is 15.5. The minimum atomic E-state index is -0.696. The Labute approximate surface area is 395 Å². The van der Waals surface area contributed by atoms with Crippen molar-refractivity contribution in [3.63, 3.8) is 0 Å². The number of benzene rings is 5. The lowest BCUT2D eigenvalue weighted by Crippen LogP contribution is -2.77. The van der Waals surface area contributed by atoms with Crippen LogP contribution in [0.2, 0.25) is 0 Å². The van der Waals surface area contributed by atoms with Crippen LogP contribution >= 0.6 is 0 Å². The Morgan fingerprint density at radius 1 is 0.388 bits per heavy atom. The Hall–Kier alpha value is -6.20. The highest BCUT2D eigenvalue weighted by molar-refractivity contribution is 6.04. The Balaban J connectivity index is 1.17. The third kappa shape index (κ3) is 4.14. The fourth-order valence-corrected chi connectivity index (χ4v) is 16.0. The van der Waals surface area contributed by atoms with Gasteiger partial charge in [0.15, 0.2) is 22.8 Å². The fraction of sp³-hybridized carbons (Fsp3) is 0.355. The molecule has 7 aliphatic heterocycles. The number of aromatic nitrogens is 2. The first-order chi connectivity index (χ1) is 32.5. The Morgan fingerprint density at radius 2 is 0.806 bits per heavy atom. The third-order valence-corrected chi connectivity index (χ3v) is 19.2. The number of para-hydroxylation sites is 3. The van der Waals surface area contributed by atoms with E-state index in [1.165, 1.54) is 183 Å². The molecule has 0 amide bonds. The van der Waals surface area contributed by atoms with Crippen LogP contribution in [0.15, 0.2) is 115 Å². The molecule has 0 radical (unpaired) electrons. The van der Waals surface area contributed by atoms with Gasteiger partial charge in [-0.05, 0) is 102 Å². The van der Waals surface area contributed by atoms with E-state index in [9.17, 15) is 0 Å². The molecule has 330 valence electrons. The van der Waals surface area contributed by atoms with E-state index in [1.807, 2.05) is 0 Å². The van der Waals surface area contributed by atoms with Crippen molar-refractivity contribution in [2.75, 3.05) is 14.7 Å². The molecule has 0 N–H and O–H groups in total. The first-order valence-corrected chi connectivity index (χ1v) is 25.8. The van der Waals surface area contributed by atoms with Crippen molar-refractivity contribution < 1.29 is 9.13 Å². The number of rotatable bonds is 2. The largest absolute Gasteiger partial charge is 0.319 e. The Bertz CT molecular complexity index is 3380. The summed E-state index contributed by atoms with van der Waals surface area (Å²) in [5.74, 6) is 3.74. The van der Waals surface area contributed by atoms with Crippen LogP contribution in [-0.4, -0.2) is 0 Å². The van der Waals surface area contributed by atoms with Crippen molar-refractivity contribution in [1.82, 2.24) is 0 Å². The van der Waals surface area contributed by atoms with Crippen molar-refractivity contribution in [3.05, 3.63) is 171 Å². The van der Waals surface area contributed by atoms with Crippen LogP contribution in [0.25, 0.3) is 11.4 Å². The molecule has 2 aliphatic carbocycles. The summed E-state index contributed by atoms with van der Waals surface area (Å²) in [6.45, 7) is 15.0. The van der Waals surface area contributed by atoms with Crippen LogP contribution in [0.3, 0.4) is 0 Å². The SMILES string of the molecule is CC1(C)c2ccccc2N2c3c1ccc1c3C34c5c6c(cc7c5N(c5ccccc5C7(C)C)c5cc(C7CCCCC7)cc([n+]53)-c3cc(C5CCCCC5)cc2[n+]34)C(C)(C)c2ccccc2N16. The molecule has 7 aromatic rings. The van der Waals surface area contributed by atoms with E-state index in [-0.39, 0.29) is 16.2 Å². The predicted octanol–water partition coefficient (Wildman–Crippen LogP) is 14.9. The summed E-state index contributed by atoms with van der Waals surface area (Å²) >= 11 is 0. The molecule has 1 spiro atoms. The molecule has 9 heterocycles. The van der Waals surface area contributed by atoms with Gasteiger partial charge in [-0.1, -0.05) is 141 Å². The van der Waals surface area contributed by atoms with Gasteiger partial charge in [0.25, 0.3) is 11.6 Å². The molecule has 16 rings (SSSR count). The summed E-state index contributed by atoms with van der Waals surface area (Å²) in [4.78, 5) is 8.28.